The van der Waals surface area contributed by atoms with Crippen LogP contribution in [0.4, 0.5) is 0 Å². The summed E-state index contributed by atoms with van der Waals surface area (Å²) in [7, 11) is 0. The molecule has 4 rings (SSSR count). The van der Waals surface area contributed by atoms with Crippen LogP contribution in [0.5, 0.6) is 0 Å². The topological polar surface area (TPSA) is 83.9 Å². The van der Waals surface area contributed by atoms with Crippen molar-refractivity contribution in [1.82, 2.24) is 24.6 Å². The average Bonchev–Trinajstić information content (AvgIpc) is 3.22. The third-order valence-corrected chi connectivity index (χ3v) is 4.52. The molecule has 0 atom stereocenters. The standard InChI is InChI=1S/C21H19N5O2/c1-2-25(14-19-23-18-11-7-6-10-17(18)20(27)24-19)21(28)15-12-22-26(13-15)16-8-4-3-5-9-16/h3-13H,2,14H2,1H3,(H,23,24,27). The molecule has 1 N–H and O–H groups in total. The first-order valence-electron chi connectivity index (χ1n) is 9.03. The van der Waals surface area contributed by atoms with Gasteiger partial charge in [0.15, 0.2) is 0 Å². The van der Waals surface area contributed by atoms with Crippen molar-refractivity contribution in [3.8, 4) is 5.69 Å². The fourth-order valence-corrected chi connectivity index (χ4v) is 3.06. The number of nitrogens with zero attached hydrogens (tertiary/aromatic N) is 4. The quantitative estimate of drug-likeness (QED) is 0.583. The van der Waals surface area contributed by atoms with Crippen LogP contribution in [-0.4, -0.2) is 37.1 Å². The maximum atomic E-state index is 12.9. The van der Waals surface area contributed by atoms with Crippen molar-refractivity contribution in [2.24, 2.45) is 0 Å². The maximum absolute atomic E-state index is 12.9. The van der Waals surface area contributed by atoms with Gasteiger partial charge in [-0.15, -0.1) is 0 Å². The minimum atomic E-state index is -0.207. The lowest BCUT2D eigenvalue weighted by atomic mass is 10.2. The molecular weight excluding hydrogens is 354 g/mol. The molecule has 0 aliphatic carbocycles. The molecule has 7 nitrogen and oxygen atoms in total. The maximum Gasteiger partial charge on any atom is 0.258 e. The van der Waals surface area contributed by atoms with Crippen molar-refractivity contribution in [3.05, 3.63) is 88.7 Å². The second-order valence-corrected chi connectivity index (χ2v) is 6.36. The van der Waals surface area contributed by atoms with Crippen LogP contribution in [0.2, 0.25) is 0 Å². The second-order valence-electron chi connectivity index (χ2n) is 6.36. The zero-order valence-corrected chi connectivity index (χ0v) is 15.4. The number of H-pyrrole nitrogens is 1. The van der Waals surface area contributed by atoms with E-state index in [-0.39, 0.29) is 18.0 Å². The molecule has 0 unspecified atom stereocenters. The molecule has 28 heavy (non-hydrogen) atoms. The van der Waals surface area contributed by atoms with Crippen LogP contribution in [0.1, 0.15) is 23.1 Å². The van der Waals surface area contributed by atoms with Crippen molar-refractivity contribution in [1.29, 1.82) is 0 Å². The van der Waals surface area contributed by atoms with Gasteiger partial charge in [-0.05, 0) is 31.2 Å². The van der Waals surface area contributed by atoms with Gasteiger partial charge in [-0.1, -0.05) is 30.3 Å². The number of carbonyl (C=O) groups is 1. The monoisotopic (exact) mass is 373 g/mol. The summed E-state index contributed by atoms with van der Waals surface area (Å²) in [4.78, 5) is 34.1. The highest BCUT2D eigenvalue weighted by molar-refractivity contribution is 5.93. The Hall–Kier alpha value is -3.74. The van der Waals surface area contributed by atoms with Crippen molar-refractivity contribution in [2.75, 3.05) is 6.54 Å². The summed E-state index contributed by atoms with van der Waals surface area (Å²) in [5, 5.41) is 4.81. The number of para-hydroxylation sites is 2. The Morgan fingerprint density at radius 2 is 1.86 bits per heavy atom. The molecule has 1 amide bonds. The Bertz CT molecular complexity index is 1180. The lowest BCUT2D eigenvalue weighted by molar-refractivity contribution is 0.0748. The van der Waals surface area contributed by atoms with Crippen LogP contribution in [0.3, 0.4) is 0 Å². The number of hydrogen-bond acceptors (Lipinski definition) is 4. The average molecular weight is 373 g/mol. The van der Waals surface area contributed by atoms with E-state index in [4.69, 9.17) is 0 Å². The largest absolute Gasteiger partial charge is 0.331 e. The van der Waals surface area contributed by atoms with E-state index in [1.165, 1.54) is 0 Å². The number of carbonyl (C=O) groups excluding carboxylic acids is 1. The number of fused-ring (bicyclic) bond motifs is 1. The third kappa shape index (κ3) is 3.42. The van der Waals surface area contributed by atoms with Gasteiger partial charge in [-0.25, -0.2) is 9.67 Å². The van der Waals surface area contributed by atoms with Crippen molar-refractivity contribution in [2.45, 2.75) is 13.5 Å². The smallest absolute Gasteiger partial charge is 0.258 e. The van der Waals surface area contributed by atoms with Crippen LogP contribution in [0, 0.1) is 0 Å². The number of rotatable bonds is 5. The van der Waals surface area contributed by atoms with Crippen LogP contribution in [0.25, 0.3) is 16.6 Å². The van der Waals surface area contributed by atoms with Crippen LogP contribution in [-0.2, 0) is 6.54 Å². The van der Waals surface area contributed by atoms with Gasteiger partial charge in [0.25, 0.3) is 11.5 Å². The molecule has 140 valence electrons. The molecule has 0 fully saturated rings. The molecule has 0 bridgehead atoms. The predicted octanol–water partition coefficient (Wildman–Crippen LogP) is 2.77. The predicted molar refractivity (Wildman–Crippen MR) is 106 cm³/mol. The van der Waals surface area contributed by atoms with Gasteiger partial charge in [0, 0.05) is 12.7 Å². The molecular formula is C21H19N5O2. The Morgan fingerprint density at radius 1 is 1.11 bits per heavy atom. The molecule has 0 spiro atoms. The number of aromatic amines is 1. The Kier molecular flexibility index (Phi) is 4.72. The first-order chi connectivity index (χ1) is 13.7. The molecule has 0 aliphatic heterocycles. The summed E-state index contributed by atoms with van der Waals surface area (Å²) in [6.45, 7) is 2.58. The van der Waals surface area contributed by atoms with E-state index in [1.807, 2.05) is 43.3 Å². The van der Waals surface area contributed by atoms with Crippen molar-refractivity contribution >= 4 is 16.8 Å². The number of nitrogens with one attached hydrogen (secondary N) is 1. The van der Waals surface area contributed by atoms with Gasteiger partial charge >= 0.3 is 0 Å². The molecule has 0 saturated heterocycles. The molecule has 0 radical (unpaired) electrons. The number of amides is 1. The molecule has 4 aromatic rings. The van der Waals surface area contributed by atoms with E-state index in [9.17, 15) is 9.59 Å². The normalized spacial score (nSPS) is 10.9. The van der Waals surface area contributed by atoms with Gasteiger partial charge in [-0.3, -0.25) is 9.59 Å². The fourth-order valence-electron chi connectivity index (χ4n) is 3.06. The number of benzene rings is 2. The number of aromatic nitrogens is 4. The second kappa shape index (κ2) is 7.48. The van der Waals surface area contributed by atoms with Crippen molar-refractivity contribution in [3.63, 3.8) is 0 Å². The molecule has 2 aromatic carbocycles. The molecule has 7 heteroatoms. The van der Waals surface area contributed by atoms with Gasteiger partial charge in [0.1, 0.15) is 5.82 Å². The van der Waals surface area contributed by atoms with E-state index in [0.717, 1.165) is 5.69 Å². The van der Waals surface area contributed by atoms with E-state index in [2.05, 4.69) is 15.1 Å². The lowest BCUT2D eigenvalue weighted by Crippen LogP contribution is -2.31. The van der Waals surface area contributed by atoms with Crippen LogP contribution >= 0.6 is 0 Å². The fraction of sp³-hybridized carbons (Fsp3) is 0.143. The van der Waals surface area contributed by atoms with Crippen molar-refractivity contribution < 1.29 is 4.79 Å². The zero-order chi connectivity index (χ0) is 19.5. The van der Waals surface area contributed by atoms with Gasteiger partial charge in [0.05, 0.1) is 34.9 Å². The summed E-state index contributed by atoms with van der Waals surface area (Å²) in [5.74, 6) is 0.287. The molecule has 0 aliphatic rings. The summed E-state index contributed by atoms with van der Waals surface area (Å²) in [5.41, 5.74) is 1.77. The minimum absolute atomic E-state index is 0.166. The summed E-state index contributed by atoms with van der Waals surface area (Å²) >= 11 is 0. The van der Waals surface area contributed by atoms with E-state index in [1.54, 1.807) is 40.2 Å². The van der Waals surface area contributed by atoms with Gasteiger partial charge in [0.2, 0.25) is 0 Å². The SMILES string of the molecule is CCN(Cc1nc2ccccc2c(=O)[nH]1)C(=O)c1cnn(-c2ccccc2)c1. The minimum Gasteiger partial charge on any atom is -0.331 e. The van der Waals surface area contributed by atoms with Gasteiger partial charge < -0.3 is 9.88 Å². The van der Waals surface area contributed by atoms with Crippen LogP contribution in [0.15, 0.2) is 71.8 Å². The summed E-state index contributed by atoms with van der Waals surface area (Å²) in [6.07, 6.45) is 3.26. The highest BCUT2D eigenvalue weighted by atomic mass is 16.2. The Labute approximate surface area is 161 Å². The highest BCUT2D eigenvalue weighted by Gasteiger charge is 2.18. The van der Waals surface area contributed by atoms with E-state index in [0.29, 0.717) is 28.8 Å². The highest BCUT2D eigenvalue weighted by Crippen LogP contribution is 2.12. The third-order valence-electron chi connectivity index (χ3n) is 4.52. The van der Waals surface area contributed by atoms with E-state index >= 15 is 0 Å². The van der Waals surface area contributed by atoms with Crippen LogP contribution < -0.4 is 5.56 Å². The Morgan fingerprint density at radius 3 is 2.64 bits per heavy atom. The first-order valence-corrected chi connectivity index (χ1v) is 9.03. The summed E-state index contributed by atoms with van der Waals surface area (Å²) in [6, 6.07) is 16.7. The Balaban J connectivity index is 1.58. The summed E-state index contributed by atoms with van der Waals surface area (Å²) < 4.78 is 1.66. The first kappa shape index (κ1) is 17.7. The van der Waals surface area contributed by atoms with E-state index < -0.39 is 0 Å². The van der Waals surface area contributed by atoms with Gasteiger partial charge in [-0.2, -0.15) is 5.10 Å². The zero-order valence-electron chi connectivity index (χ0n) is 15.4. The molecule has 2 heterocycles. The molecule has 2 aromatic heterocycles. The lowest BCUT2D eigenvalue weighted by Gasteiger charge is -2.19. The molecule has 0 saturated carbocycles. The number of hydrogen-bond donors (Lipinski definition) is 1.